The molecular formula is C12H20N4O3. The third-order valence-electron chi connectivity index (χ3n) is 3.72. The number of anilines is 2. The van der Waals surface area contributed by atoms with Crippen LogP contribution in [0.15, 0.2) is 9.59 Å². The van der Waals surface area contributed by atoms with E-state index >= 15 is 0 Å². The number of hydrogen-bond donors (Lipinski definition) is 3. The Balaban J connectivity index is 2.47. The Hall–Kier alpha value is -1.76. The summed E-state index contributed by atoms with van der Waals surface area (Å²) < 4.78 is 1.24. The molecule has 0 aliphatic carbocycles. The number of nitrogen functional groups attached to an aromatic ring is 1. The van der Waals surface area contributed by atoms with Gasteiger partial charge in [0.1, 0.15) is 11.5 Å². The first-order valence-electron chi connectivity index (χ1n) is 6.52. The van der Waals surface area contributed by atoms with Crippen LogP contribution in [0.1, 0.15) is 25.7 Å². The molecule has 0 amide bonds. The van der Waals surface area contributed by atoms with Crippen LogP contribution in [0.2, 0.25) is 0 Å². The maximum atomic E-state index is 12.0. The molecule has 2 rings (SSSR count). The first-order chi connectivity index (χ1) is 9.06. The molecule has 0 spiro atoms. The van der Waals surface area contributed by atoms with Gasteiger partial charge in [-0.3, -0.25) is 14.3 Å². The van der Waals surface area contributed by atoms with E-state index in [4.69, 9.17) is 10.8 Å². The van der Waals surface area contributed by atoms with E-state index in [2.05, 4.69) is 4.98 Å². The average Bonchev–Trinajstić information content (AvgIpc) is 2.38. The molecule has 1 unspecified atom stereocenters. The lowest BCUT2D eigenvalue weighted by Gasteiger charge is -2.37. The van der Waals surface area contributed by atoms with Gasteiger partial charge in [-0.25, -0.2) is 4.79 Å². The molecule has 1 aromatic rings. The van der Waals surface area contributed by atoms with E-state index in [1.165, 1.54) is 11.6 Å². The summed E-state index contributed by atoms with van der Waals surface area (Å²) in [5.41, 5.74) is 5.29. The fourth-order valence-electron chi connectivity index (χ4n) is 2.65. The number of piperidine rings is 1. The van der Waals surface area contributed by atoms with Crippen LogP contribution in [0, 0.1) is 0 Å². The first kappa shape index (κ1) is 13.7. The van der Waals surface area contributed by atoms with Gasteiger partial charge < -0.3 is 15.7 Å². The number of aromatic amines is 1. The summed E-state index contributed by atoms with van der Waals surface area (Å²) >= 11 is 0. The Morgan fingerprint density at radius 1 is 1.42 bits per heavy atom. The number of aliphatic hydroxyl groups excluding tert-OH is 1. The first-order valence-corrected chi connectivity index (χ1v) is 6.52. The molecule has 0 saturated carbocycles. The zero-order chi connectivity index (χ0) is 14.0. The topological polar surface area (TPSA) is 104 Å². The number of nitrogens with one attached hydrogen (secondary N) is 1. The maximum Gasteiger partial charge on any atom is 0.329 e. The monoisotopic (exact) mass is 268 g/mol. The van der Waals surface area contributed by atoms with Gasteiger partial charge in [0, 0.05) is 26.2 Å². The summed E-state index contributed by atoms with van der Waals surface area (Å²) in [5.74, 6) is 0.179. The molecule has 19 heavy (non-hydrogen) atoms. The molecule has 7 nitrogen and oxygen atoms in total. The fraction of sp³-hybridized carbons (Fsp3) is 0.667. The van der Waals surface area contributed by atoms with Gasteiger partial charge in [0.2, 0.25) is 0 Å². The van der Waals surface area contributed by atoms with Crippen molar-refractivity contribution in [1.82, 2.24) is 9.55 Å². The van der Waals surface area contributed by atoms with Gasteiger partial charge in [0.05, 0.1) is 0 Å². The third-order valence-corrected chi connectivity index (χ3v) is 3.72. The molecule has 1 atom stereocenters. The van der Waals surface area contributed by atoms with E-state index in [1.54, 1.807) is 0 Å². The highest BCUT2D eigenvalue weighted by atomic mass is 16.3. The Kier molecular flexibility index (Phi) is 3.94. The summed E-state index contributed by atoms with van der Waals surface area (Å²) in [4.78, 5) is 27.7. The average molecular weight is 268 g/mol. The van der Waals surface area contributed by atoms with Crippen LogP contribution >= 0.6 is 0 Å². The van der Waals surface area contributed by atoms with E-state index in [0.29, 0.717) is 12.1 Å². The van der Waals surface area contributed by atoms with Gasteiger partial charge in [-0.1, -0.05) is 0 Å². The van der Waals surface area contributed by atoms with Crippen molar-refractivity contribution in [3.8, 4) is 0 Å². The smallest absolute Gasteiger partial charge is 0.329 e. The van der Waals surface area contributed by atoms with Crippen LogP contribution in [-0.2, 0) is 7.05 Å². The number of rotatable bonds is 3. The Labute approximate surface area is 110 Å². The number of aromatic nitrogens is 2. The van der Waals surface area contributed by atoms with E-state index in [9.17, 15) is 9.59 Å². The largest absolute Gasteiger partial charge is 0.396 e. The SMILES string of the molecule is Cn1c(N)c(N2CCCCC2CCO)c(=O)[nH]c1=O. The zero-order valence-electron chi connectivity index (χ0n) is 11.1. The molecule has 0 bridgehead atoms. The minimum atomic E-state index is -0.512. The lowest BCUT2D eigenvalue weighted by molar-refractivity contribution is 0.262. The van der Waals surface area contributed by atoms with E-state index in [-0.39, 0.29) is 18.5 Å². The van der Waals surface area contributed by atoms with Gasteiger partial charge in [0.15, 0.2) is 0 Å². The normalized spacial score (nSPS) is 19.7. The minimum absolute atomic E-state index is 0.0741. The van der Waals surface area contributed by atoms with Crippen molar-refractivity contribution < 1.29 is 5.11 Å². The highest BCUT2D eigenvalue weighted by molar-refractivity contribution is 5.63. The minimum Gasteiger partial charge on any atom is -0.396 e. The van der Waals surface area contributed by atoms with Crippen molar-refractivity contribution >= 4 is 11.5 Å². The predicted molar refractivity (Wildman–Crippen MR) is 73.4 cm³/mol. The molecule has 1 saturated heterocycles. The van der Waals surface area contributed by atoms with Crippen molar-refractivity contribution in [2.24, 2.45) is 7.05 Å². The third kappa shape index (κ3) is 2.51. The van der Waals surface area contributed by atoms with E-state index < -0.39 is 11.2 Å². The molecule has 4 N–H and O–H groups in total. The highest BCUT2D eigenvalue weighted by Gasteiger charge is 2.26. The summed E-state index contributed by atoms with van der Waals surface area (Å²) in [6, 6.07) is 0.0969. The number of aliphatic hydroxyl groups is 1. The quantitative estimate of drug-likeness (QED) is 0.679. The van der Waals surface area contributed by atoms with Crippen LogP contribution in [0.5, 0.6) is 0 Å². The van der Waals surface area contributed by atoms with Crippen molar-refractivity contribution in [1.29, 1.82) is 0 Å². The molecule has 106 valence electrons. The zero-order valence-corrected chi connectivity index (χ0v) is 11.1. The summed E-state index contributed by atoms with van der Waals surface area (Å²) in [6.07, 6.45) is 3.57. The maximum absolute atomic E-state index is 12.0. The Morgan fingerprint density at radius 2 is 2.16 bits per heavy atom. The van der Waals surface area contributed by atoms with E-state index in [1.807, 2.05) is 4.90 Å². The second-order valence-corrected chi connectivity index (χ2v) is 4.91. The van der Waals surface area contributed by atoms with Crippen molar-refractivity contribution in [2.75, 3.05) is 23.8 Å². The number of hydrogen-bond acceptors (Lipinski definition) is 5. The van der Waals surface area contributed by atoms with E-state index in [0.717, 1.165) is 25.8 Å². The van der Waals surface area contributed by atoms with Crippen molar-refractivity contribution in [2.45, 2.75) is 31.7 Å². The van der Waals surface area contributed by atoms with Gasteiger partial charge >= 0.3 is 5.69 Å². The molecular weight excluding hydrogens is 248 g/mol. The van der Waals surface area contributed by atoms with Gasteiger partial charge in [0.25, 0.3) is 5.56 Å². The van der Waals surface area contributed by atoms with Crippen molar-refractivity contribution in [3.05, 3.63) is 20.8 Å². The molecule has 2 heterocycles. The van der Waals surface area contributed by atoms with Gasteiger partial charge in [-0.05, 0) is 25.7 Å². The standard InChI is InChI=1S/C12H20N4O3/c1-15-10(13)9(11(18)14-12(15)19)16-6-3-2-4-8(16)5-7-17/h8,17H,2-7,13H2,1H3,(H,14,18,19). The molecule has 0 aromatic carbocycles. The molecule has 1 aliphatic heterocycles. The number of nitrogens with two attached hydrogens (primary N) is 1. The van der Waals surface area contributed by atoms with Gasteiger partial charge in [-0.15, -0.1) is 0 Å². The summed E-state index contributed by atoms with van der Waals surface area (Å²) in [5, 5.41) is 9.12. The predicted octanol–water partition coefficient (Wildman–Crippen LogP) is -0.603. The van der Waals surface area contributed by atoms with Crippen molar-refractivity contribution in [3.63, 3.8) is 0 Å². The molecule has 7 heteroatoms. The van der Waals surface area contributed by atoms with Crippen LogP contribution in [-0.4, -0.2) is 33.9 Å². The van der Waals surface area contributed by atoms with Crippen LogP contribution in [0.3, 0.4) is 0 Å². The fourth-order valence-corrected chi connectivity index (χ4v) is 2.65. The Bertz CT molecular complexity index is 561. The lowest BCUT2D eigenvalue weighted by atomic mass is 9.99. The Morgan fingerprint density at radius 3 is 2.84 bits per heavy atom. The van der Waals surface area contributed by atoms with Crippen LogP contribution in [0.4, 0.5) is 11.5 Å². The highest BCUT2D eigenvalue weighted by Crippen LogP contribution is 2.26. The second kappa shape index (κ2) is 5.48. The van der Waals surface area contributed by atoms with Crippen LogP contribution < -0.4 is 21.9 Å². The molecule has 1 aliphatic rings. The molecule has 1 fully saturated rings. The lowest BCUT2D eigenvalue weighted by Crippen LogP contribution is -2.45. The molecule has 1 aromatic heterocycles. The summed E-state index contributed by atoms with van der Waals surface area (Å²) in [7, 11) is 1.53. The number of nitrogens with zero attached hydrogens (tertiary/aromatic N) is 2. The summed E-state index contributed by atoms with van der Waals surface area (Å²) in [6.45, 7) is 0.793. The second-order valence-electron chi connectivity index (χ2n) is 4.91. The number of H-pyrrole nitrogens is 1. The van der Waals surface area contributed by atoms with Crippen LogP contribution in [0.25, 0.3) is 0 Å². The van der Waals surface area contributed by atoms with Gasteiger partial charge in [-0.2, -0.15) is 0 Å². The molecule has 0 radical (unpaired) electrons.